The van der Waals surface area contributed by atoms with Crippen LogP contribution in [-0.2, 0) is 5.41 Å². The molecule has 1 aliphatic heterocycles. The summed E-state index contributed by atoms with van der Waals surface area (Å²) >= 11 is 8.04. The van der Waals surface area contributed by atoms with Crippen molar-refractivity contribution in [2.45, 2.75) is 38.0 Å². The highest BCUT2D eigenvalue weighted by Gasteiger charge is 2.35. The van der Waals surface area contributed by atoms with Crippen molar-refractivity contribution in [1.82, 2.24) is 0 Å². The van der Waals surface area contributed by atoms with Crippen LogP contribution in [0, 0.1) is 6.92 Å². The molecule has 1 heterocycles. The number of carbonyl (C=O) groups is 1. The molecule has 0 N–H and O–H groups in total. The summed E-state index contributed by atoms with van der Waals surface area (Å²) in [6.07, 6.45) is 0. The molecule has 86 valence electrons. The molecule has 1 nitrogen and oxygen atoms in total. The van der Waals surface area contributed by atoms with Crippen molar-refractivity contribution in [3.63, 3.8) is 0 Å². The molecule has 0 amide bonds. The van der Waals surface area contributed by atoms with Crippen molar-refractivity contribution >= 4 is 29.1 Å². The molecule has 3 heteroatoms. The number of hydrogen-bond donors (Lipinski definition) is 0. The molecule has 1 aromatic carbocycles. The van der Waals surface area contributed by atoms with E-state index in [0.717, 1.165) is 26.8 Å². The van der Waals surface area contributed by atoms with Crippen molar-refractivity contribution in [3.8, 4) is 0 Å². The Hall–Kier alpha value is -0.470. The third-order valence-corrected chi connectivity index (χ3v) is 5.12. The zero-order valence-corrected chi connectivity index (χ0v) is 11.6. The smallest absolute Gasteiger partial charge is 0.160 e. The van der Waals surface area contributed by atoms with Gasteiger partial charge in [0.25, 0.3) is 0 Å². The first kappa shape index (κ1) is 12.0. The average Bonchev–Trinajstić information content (AvgIpc) is 2.48. The van der Waals surface area contributed by atoms with Crippen LogP contribution < -0.4 is 0 Å². The largest absolute Gasteiger partial charge is 0.295 e. The van der Waals surface area contributed by atoms with Gasteiger partial charge in [-0.25, -0.2) is 0 Å². The molecule has 0 unspecified atom stereocenters. The average molecular weight is 255 g/mol. The summed E-state index contributed by atoms with van der Waals surface area (Å²) in [5.74, 6) is 1.12. The summed E-state index contributed by atoms with van der Waals surface area (Å²) in [4.78, 5) is 12.7. The van der Waals surface area contributed by atoms with Crippen molar-refractivity contribution in [3.05, 3.63) is 27.8 Å². The second-order valence-electron chi connectivity index (χ2n) is 4.96. The van der Waals surface area contributed by atoms with E-state index in [1.165, 1.54) is 5.56 Å². The van der Waals surface area contributed by atoms with E-state index < -0.39 is 0 Å². The van der Waals surface area contributed by atoms with E-state index in [2.05, 4.69) is 13.8 Å². The topological polar surface area (TPSA) is 17.1 Å². The van der Waals surface area contributed by atoms with Gasteiger partial charge < -0.3 is 0 Å². The molecule has 1 aromatic rings. The molecule has 0 bridgehead atoms. The van der Waals surface area contributed by atoms with Gasteiger partial charge in [-0.15, -0.1) is 11.8 Å². The van der Waals surface area contributed by atoms with Crippen molar-refractivity contribution in [2.24, 2.45) is 0 Å². The molecule has 2 rings (SSSR count). The van der Waals surface area contributed by atoms with Gasteiger partial charge in [0.2, 0.25) is 0 Å². The highest BCUT2D eigenvalue weighted by Crippen LogP contribution is 2.49. The minimum absolute atomic E-state index is 0.0925. The van der Waals surface area contributed by atoms with Crippen molar-refractivity contribution in [1.29, 1.82) is 0 Å². The van der Waals surface area contributed by atoms with Gasteiger partial charge in [0, 0.05) is 21.6 Å². The molecule has 0 aliphatic carbocycles. The molecule has 0 atom stereocenters. The highest BCUT2D eigenvalue weighted by molar-refractivity contribution is 7.99. The highest BCUT2D eigenvalue weighted by atomic mass is 35.5. The summed E-state index contributed by atoms with van der Waals surface area (Å²) in [6, 6.07) is 1.81. The number of rotatable bonds is 1. The first-order valence-corrected chi connectivity index (χ1v) is 6.68. The third kappa shape index (κ3) is 1.68. The van der Waals surface area contributed by atoms with Crippen LogP contribution in [-0.4, -0.2) is 11.5 Å². The molecule has 0 aromatic heterocycles. The Bertz CT molecular complexity index is 477. The summed E-state index contributed by atoms with van der Waals surface area (Å²) in [7, 11) is 0. The van der Waals surface area contributed by atoms with E-state index in [-0.39, 0.29) is 11.2 Å². The Morgan fingerprint density at radius 2 is 2.12 bits per heavy atom. The number of fused-ring (bicyclic) bond motifs is 1. The molecule has 1 aliphatic rings. The van der Waals surface area contributed by atoms with E-state index >= 15 is 0 Å². The van der Waals surface area contributed by atoms with E-state index in [1.807, 2.05) is 13.0 Å². The van der Waals surface area contributed by atoms with Gasteiger partial charge in [-0.1, -0.05) is 25.4 Å². The Balaban J connectivity index is 2.76. The van der Waals surface area contributed by atoms with Gasteiger partial charge in [0.1, 0.15) is 0 Å². The Labute approximate surface area is 106 Å². The van der Waals surface area contributed by atoms with Gasteiger partial charge in [-0.3, -0.25) is 4.79 Å². The van der Waals surface area contributed by atoms with Crippen LogP contribution in [0.15, 0.2) is 11.0 Å². The van der Waals surface area contributed by atoms with Gasteiger partial charge in [0.15, 0.2) is 5.78 Å². The second kappa shape index (κ2) is 3.78. The number of thioether (sulfide) groups is 1. The number of Topliss-reactive ketones (excluding diaryl/α,β-unsaturated/α-hetero) is 1. The Morgan fingerprint density at radius 3 is 2.69 bits per heavy atom. The molecule has 0 saturated heterocycles. The predicted octanol–water partition coefficient (Wildman–Crippen LogP) is 4.23. The van der Waals surface area contributed by atoms with Gasteiger partial charge in [-0.05, 0) is 31.0 Å². The van der Waals surface area contributed by atoms with Crippen LogP contribution in [0.4, 0.5) is 0 Å². The van der Waals surface area contributed by atoms with Crippen LogP contribution in [0.2, 0.25) is 5.02 Å². The molecule has 16 heavy (non-hydrogen) atoms. The lowest BCUT2D eigenvalue weighted by atomic mass is 9.82. The van der Waals surface area contributed by atoms with Crippen LogP contribution in [0.1, 0.15) is 42.3 Å². The number of halogens is 1. The lowest BCUT2D eigenvalue weighted by molar-refractivity contribution is 0.101. The van der Waals surface area contributed by atoms with E-state index in [4.69, 9.17) is 11.6 Å². The van der Waals surface area contributed by atoms with E-state index in [0.29, 0.717) is 0 Å². The zero-order valence-electron chi connectivity index (χ0n) is 9.98. The van der Waals surface area contributed by atoms with Crippen LogP contribution in [0.25, 0.3) is 0 Å². The van der Waals surface area contributed by atoms with Gasteiger partial charge in [0.05, 0.1) is 5.02 Å². The monoisotopic (exact) mass is 254 g/mol. The normalized spacial score (nSPS) is 17.3. The second-order valence-corrected chi connectivity index (χ2v) is 6.36. The molecule has 0 radical (unpaired) electrons. The van der Waals surface area contributed by atoms with Crippen LogP contribution in [0.3, 0.4) is 0 Å². The molecule has 0 saturated carbocycles. The van der Waals surface area contributed by atoms with E-state index in [9.17, 15) is 4.79 Å². The molecule has 0 spiro atoms. The number of hydrogen-bond acceptors (Lipinski definition) is 2. The fraction of sp³-hybridized carbons (Fsp3) is 0.462. The maximum Gasteiger partial charge on any atom is 0.160 e. The first-order valence-electron chi connectivity index (χ1n) is 5.32. The number of ketones is 1. The molecular weight excluding hydrogens is 240 g/mol. The van der Waals surface area contributed by atoms with Gasteiger partial charge >= 0.3 is 0 Å². The molecular formula is C13H15ClOS. The van der Waals surface area contributed by atoms with Crippen molar-refractivity contribution in [2.75, 3.05) is 5.75 Å². The van der Waals surface area contributed by atoms with Gasteiger partial charge in [-0.2, -0.15) is 0 Å². The SMILES string of the molecule is CC(=O)c1cc(Cl)c2c(c1C)C(C)(C)CS2. The fourth-order valence-corrected chi connectivity index (χ4v) is 4.16. The quantitative estimate of drug-likeness (QED) is 0.698. The minimum Gasteiger partial charge on any atom is -0.295 e. The standard InChI is InChI=1S/C13H15ClOS/c1-7-9(8(2)15)5-10(14)12-11(7)13(3,4)6-16-12/h5H,6H2,1-4H3. The van der Waals surface area contributed by atoms with Crippen molar-refractivity contribution < 1.29 is 4.79 Å². The van der Waals surface area contributed by atoms with Crippen LogP contribution in [0.5, 0.6) is 0 Å². The lowest BCUT2D eigenvalue weighted by Gasteiger charge is -2.21. The Morgan fingerprint density at radius 1 is 1.50 bits per heavy atom. The fourth-order valence-electron chi connectivity index (χ4n) is 2.37. The maximum atomic E-state index is 11.6. The number of benzene rings is 1. The summed E-state index contributed by atoms with van der Waals surface area (Å²) in [6.45, 7) is 8.04. The minimum atomic E-state index is 0.0925. The van der Waals surface area contributed by atoms with Crippen LogP contribution >= 0.6 is 23.4 Å². The maximum absolute atomic E-state index is 11.6. The Kier molecular flexibility index (Phi) is 2.83. The summed E-state index contributed by atoms with van der Waals surface area (Å²) < 4.78 is 0. The predicted molar refractivity (Wildman–Crippen MR) is 69.9 cm³/mol. The summed E-state index contributed by atoms with van der Waals surface area (Å²) in [5, 5.41) is 0.723. The summed E-state index contributed by atoms with van der Waals surface area (Å²) in [5.41, 5.74) is 3.23. The van der Waals surface area contributed by atoms with E-state index in [1.54, 1.807) is 18.7 Å². The number of carbonyl (C=O) groups excluding carboxylic acids is 1. The first-order chi connectivity index (χ1) is 7.34. The lowest BCUT2D eigenvalue weighted by Crippen LogP contribution is -2.18. The third-order valence-electron chi connectivity index (χ3n) is 3.13. The molecule has 0 fully saturated rings. The zero-order chi connectivity index (χ0) is 12.1.